The van der Waals surface area contributed by atoms with Crippen LogP contribution in [0, 0.1) is 0 Å². The highest BCUT2D eigenvalue weighted by atomic mass is 16.1. The molecular weight excluding hydrogens is 266 g/mol. The molecule has 106 valence electrons. The zero-order valence-electron chi connectivity index (χ0n) is 11.5. The summed E-state index contributed by atoms with van der Waals surface area (Å²) in [6, 6.07) is 10.3. The lowest BCUT2D eigenvalue weighted by atomic mass is 10.1. The van der Waals surface area contributed by atoms with Gasteiger partial charge in [-0.25, -0.2) is 4.52 Å². The highest BCUT2D eigenvalue weighted by molar-refractivity contribution is 5.41. The number of H-pyrrole nitrogens is 1. The van der Waals surface area contributed by atoms with Crippen molar-refractivity contribution in [2.75, 3.05) is 6.54 Å². The second kappa shape index (κ2) is 4.82. The summed E-state index contributed by atoms with van der Waals surface area (Å²) in [5.74, 6) is 0. The van der Waals surface area contributed by atoms with E-state index >= 15 is 0 Å². The molecule has 3 heterocycles. The summed E-state index contributed by atoms with van der Waals surface area (Å²) in [4.78, 5) is 14.8. The molecule has 1 aliphatic heterocycles. The molecule has 0 saturated heterocycles. The number of nitrogens with zero attached hydrogens (tertiary/aromatic N) is 4. The van der Waals surface area contributed by atoms with Crippen LogP contribution in [0.2, 0.25) is 0 Å². The Kier molecular flexibility index (Phi) is 2.82. The largest absolute Gasteiger partial charge is 0.295 e. The van der Waals surface area contributed by atoms with E-state index in [1.54, 1.807) is 4.52 Å². The van der Waals surface area contributed by atoms with Crippen molar-refractivity contribution in [2.45, 2.75) is 19.5 Å². The van der Waals surface area contributed by atoms with Crippen LogP contribution in [0.25, 0.3) is 5.65 Å². The molecule has 1 N–H and O–H groups in total. The lowest BCUT2D eigenvalue weighted by molar-refractivity contribution is 0.241. The second-order valence-corrected chi connectivity index (χ2v) is 5.37. The Morgan fingerprint density at radius 3 is 2.95 bits per heavy atom. The highest BCUT2D eigenvalue weighted by Gasteiger charge is 2.21. The average molecular weight is 281 g/mol. The van der Waals surface area contributed by atoms with E-state index in [4.69, 9.17) is 0 Å². The number of fused-ring (bicyclic) bond motifs is 2. The molecule has 6 nitrogen and oxygen atoms in total. The molecule has 1 aromatic carbocycles. The quantitative estimate of drug-likeness (QED) is 0.760. The predicted octanol–water partition coefficient (Wildman–Crippen LogP) is 0.976. The van der Waals surface area contributed by atoms with Gasteiger partial charge in [-0.15, -0.1) is 10.2 Å². The predicted molar refractivity (Wildman–Crippen MR) is 77.9 cm³/mol. The van der Waals surface area contributed by atoms with Gasteiger partial charge in [0.1, 0.15) is 6.33 Å². The van der Waals surface area contributed by atoms with Crippen LogP contribution in [-0.2, 0) is 19.5 Å². The molecule has 3 aromatic rings. The van der Waals surface area contributed by atoms with Gasteiger partial charge in [0.15, 0.2) is 0 Å². The van der Waals surface area contributed by atoms with Crippen LogP contribution >= 0.6 is 0 Å². The number of nitrogens with one attached hydrogen (secondary N) is 1. The topological polar surface area (TPSA) is 66.3 Å². The van der Waals surface area contributed by atoms with Gasteiger partial charge in [-0.2, -0.15) is 0 Å². The van der Waals surface area contributed by atoms with Gasteiger partial charge >= 0.3 is 0 Å². The zero-order valence-corrected chi connectivity index (χ0v) is 11.5. The lowest BCUT2D eigenvalue weighted by Crippen LogP contribution is -2.35. The Bertz CT molecular complexity index is 836. The second-order valence-electron chi connectivity index (χ2n) is 5.37. The van der Waals surface area contributed by atoms with Crippen LogP contribution < -0.4 is 5.43 Å². The molecule has 0 spiro atoms. The van der Waals surface area contributed by atoms with Gasteiger partial charge in [0.25, 0.3) is 0 Å². The van der Waals surface area contributed by atoms with E-state index < -0.39 is 0 Å². The highest BCUT2D eigenvalue weighted by Crippen LogP contribution is 2.16. The molecule has 6 heteroatoms. The van der Waals surface area contributed by atoms with Gasteiger partial charge in [-0.1, -0.05) is 30.3 Å². The number of rotatable bonds is 2. The fraction of sp³-hybridized carbons (Fsp3) is 0.267. The van der Waals surface area contributed by atoms with E-state index in [2.05, 4.69) is 32.3 Å². The van der Waals surface area contributed by atoms with Crippen molar-refractivity contribution in [2.24, 2.45) is 0 Å². The third kappa shape index (κ3) is 2.13. The maximum Gasteiger partial charge on any atom is 0.231 e. The molecule has 0 atom stereocenters. The number of aromatic nitrogens is 4. The summed E-state index contributed by atoms with van der Waals surface area (Å²) in [6.07, 6.45) is 2.37. The van der Waals surface area contributed by atoms with E-state index in [1.807, 2.05) is 18.2 Å². The molecule has 0 unspecified atom stereocenters. The summed E-state index contributed by atoms with van der Waals surface area (Å²) >= 11 is 0. The standard InChI is InChI=1S/C15H15N5O/c21-14-12-9-19(8-11-4-2-1-3-5-11)7-6-13(12)18-20-10-16-17-15(14)20/h1-5,10,18H,6-9H2. The summed E-state index contributed by atoms with van der Waals surface area (Å²) in [5, 5.41) is 10.9. The van der Waals surface area contributed by atoms with E-state index in [-0.39, 0.29) is 5.43 Å². The number of hydrogen-bond acceptors (Lipinski definition) is 4. The van der Waals surface area contributed by atoms with Crippen LogP contribution in [0.4, 0.5) is 0 Å². The van der Waals surface area contributed by atoms with Gasteiger partial charge in [0, 0.05) is 37.3 Å². The van der Waals surface area contributed by atoms with Crippen molar-refractivity contribution in [1.29, 1.82) is 0 Å². The first-order chi connectivity index (χ1) is 10.3. The first-order valence-electron chi connectivity index (χ1n) is 7.01. The van der Waals surface area contributed by atoms with Gasteiger partial charge in [0.2, 0.25) is 11.1 Å². The van der Waals surface area contributed by atoms with Crippen LogP contribution in [0.3, 0.4) is 0 Å². The SMILES string of the molecule is O=c1c2c([nH]n3cnnc13)CCN(Cc1ccccc1)C2. The molecule has 0 bridgehead atoms. The van der Waals surface area contributed by atoms with Crippen LogP contribution in [0.1, 0.15) is 16.8 Å². The smallest absolute Gasteiger partial charge is 0.231 e. The minimum atomic E-state index is -0.0148. The summed E-state index contributed by atoms with van der Waals surface area (Å²) in [6.45, 7) is 2.45. The summed E-state index contributed by atoms with van der Waals surface area (Å²) in [5.41, 5.74) is 3.43. The summed E-state index contributed by atoms with van der Waals surface area (Å²) < 4.78 is 1.61. The third-order valence-corrected chi connectivity index (χ3v) is 3.95. The van der Waals surface area contributed by atoms with Crippen molar-refractivity contribution in [1.82, 2.24) is 24.7 Å². The normalized spacial score (nSPS) is 15.2. The van der Waals surface area contributed by atoms with Gasteiger partial charge < -0.3 is 0 Å². The summed E-state index contributed by atoms with van der Waals surface area (Å²) in [7, 11) is 0. The first kappa shape index (κ1) is 12.3. The minimum absolute atomic E-state index is 0.0148. The Morgan fingerprint density at radius 1 is 1.24 bits per heavy atom. The molecule has 4 rings (SSSR count). The molecule has 0 fully saturated rings. The number of hydrogen-bond donors (Lipinski definition) is 1. The van der Waals surface area contributed by atoms with Gasteiger partial charge in [-0.3, -0.25) is 14.8 Å². The fourth-order valence-electron chi connectivity index (χ4n) is 2.88. The molecule has 0 saturated carbocycles. The van der Waals surface area contributed by atoms with Crippen molar-refractivity contribution in [3.8, 4) is 0 Å². The van der Waals surface area contributed by atoms with Gasteiger partial charge in [-0.05, 0) is 5.56 Å². The minimum Gasteiger partial charge on any atom is -0.295 e. The number of aromatic amines is 1. The Morgan fingerprint density at radius 2 is 2.10 bits per heavy atom. The monoisotopic (exact) mass is 281 g/mol. The number of benzene rings is 1. The van der Waals surface area contributed by atoms with Crippen molar-refractivity contribution >= 4 is 5.65 Å². The van der Waals surface area contributed by atoms with Crippen molar-refractivity contribution < 1.29 is 0 Å². The van der Waals surface area contributed by atoms with Crippen LogP contribution in [0.15, 0.2) is 41.5 Å². The average Bonchev–Trinajstić information content (AvgIpc) is 2.98. The fourth-order valence-corrected chi connectivity index (χ4v) is 2.88. The van der Waals surface area contributed by atoms with E-state index in [0.29, 0.717) is 12.2 Å². The maximum absolute atomic E-state index is 12.5. The van der Waals surface area contributed by atoms with E-state index in [0.717, 1.165) is 30.8 Å². The van der Waals surface area contributed by atoms with Crippen molar-refractivity contribution in [3.05, 3.63) is 63.7 Å². The molecule has 0 radical (unpaired) electrons. The zero-order chi connectivity index (χ0) is 14.2. The van der Waals surface area contributed by atoms with Crippen LogP contribution in [0.5, 0.6) is 0 Å². The van der Waals surface area contributed by atoms with Gasteiger partial charge in [0.05, 0.1) is 0 Å². The van der Waals surface area contributed by atoms with Crippen molar-refractivity contribution in [3.63, 3.8) is 0 Å². The Balaban J connectivity index is 1.66. The maximum atomic E-state index is 12.5. The molecule has 1 aliphatic rings. The van der Waals surface area contributed by atoms with E-state index in [1.165, 1.54) is 11.9 Å². The third-order valence-electron chi connectivity index (χ3n) is 3.95. The molecule has 0 amide bonds. The van der Waals surface area contributed by atoms with E-state index in [9.17, 15) is 4.79 Å². The molecule has 0 aliphatic carbocycles. The van der Waals surface area contributed by atoms with Crippen LogP contribution in [-0.4, -0.2) is 31.3 Å². The Hall–Kier alpha value is -2.47. The molecule has 21 heavy (non-hydrogen) atoms. The molecular formula is C15H15N5O. The lowest BCUT2D eigenvalue weighted by Gasteiger charge is -2.28. The molecule has 2 aromatic heterocycles. The Labute approximate surface area is 121 Å². The first-order valence-corrected chi connectivity index (χ1v) is 7.01.